The van der Waals surface area contributed by atoms with Crippen LogP contribution in [-0.4, -0.2) is 15.6 Å². The van der Waals surface area contributed by atoms with Crippen molar-refractivity contribution in [2.45, 2.75) is 19.3 Å². The third kappa shape index (κ3) is 1.86. The standard InChI is InChI=1S/C13H14BrNO2/c1-13(2,12(16)17)10-7-15(3)11-5-4-8(14)6-9(10)11/h4-7H,1-3H3,(H,16,17). The summed E-state index contributed by atoms with van der Waals surface area (Å²) in [5, 5.41) is 10.3. The van der Waals surface area contributed by atoms with Crippen LogP contribution < -0.4 is 0 Å². The van der Waals surface area contributed by atoms with Gasteiger partial charge in [0, 0.05) is 28.6 Å². The summed E-state index contributed by atoms with van der Waals surface area (Å²) in [7, 11) is 1.93. The predicted octanol–water partition coefficient (Wildman–Crippen LogP) is 3.30. The van der Waals surface area contributed by atoms with Crippen LogP contribution in [0.2, 0.25) is 0 Å². The Balaban J connectivity index is 2.79. The molecule has 1 heterocycles. The van der Waals surface area contributed by atoms with Crippen molar-refractivity contribution in [3.8, 4) is 0 Å². The Labute approximate surface area is 108 Å². The first kappa shape index (κ1) is 12.2. The van der Waals surface area contributed by atoms with Gasteiger partial charge in [-0.1, -0.05) is 15.9 Å². The maximum atomic E-state index is 11.3. The summed E-state index contributed by atoms with van der Waals surface area (Å²) in [6.45, 7) is 3.45. The molecule has 0 aliphatic carbocycles. The largest absolute Gasteiger partial charge is 0.481 e. The van der Waals surface area contributed by atoms with E-state index in [0.717, 1.165) is 20.9 Å². The summed E-state index contributed by atoms with van der Waals surface area (Å²) in [5.41, 5.74) is 0.988. The molecule has 0 amide bonds. The minimum atomic E-state index is -0.889. The van der Waals surface area contributed by atoms with Crippen LogP contribution in [0, 0.1) is 0 Å². The van der Waals surface area contributed by atoms with Crippen LogP contribution in [0.15, 0.2) is 28.9 Å². The summed E-state index contributed by atoms with van der Waals surface area (Å²) >= 11 is 3.42. The molecular formula is C13H14BrNO2. The lowest BCUT2D eigenvalue weighted by atomic mass is 9.85. The van der Waals surface area contributed by atoms with E-state index in [9.17, 15) is 9.90 Å². The first-order valence-corrected chi connectivity index (χ1v) is 6.12. The molecule has 2 aromatic rings. The zero-order valence-corrected chi connectivity index (χ0v) is 11.6. The van der Waals surface area contributed by atoms with Gasteiger partial charge in [-0.15, -0.1) is 0 Å². The van der Waals surface area contributed by atoms with E-state index in [-0.39, 0.29) is 0 Å². The SMILES string of the molecule is Cn1cc(C(C)(C)C(=O)O)c2cc(Br)ccc21. The van der Waals surface area contributed by atoms with Crippen molar-refractivity contribution in [3.05, 3.63) is 34.4 Å². The van der Waals surface area contributed by atoms with Gasteiger partial charge >= 0.3 is 5.97 Å². The monoisotopic (exact) mass is 295 g/mol. The normalized spacial score (nSPS) is 12.0. The van der Waals surface area contributed by atoms with Gasteiger partial charge < -0.3 is 9.67 Å². The highest BCUT2D eigenvalue weighted by atomic mass is 79.9. The second-order valence-corrected chi connectivity index (χ2v) is 5.66. The van der Waals surface area contributed by atoms with Crippen LogP contribution in [0.25, 0.3) is 10.9 Å². The number of aliphatic carboxylic acids is 1. The Bertz CT molecular complexity index is 599. The van der Waals surface area contributed by atoms with Crippen molar-refractivity contribution in [1.29, 1.82) is 0 Å². The Morgan fingerprint density at radius 1 is 1.41 bits per heavy atom. The summed E-state index contributed by atoms with van der Waals surface area (Å²) in [6.07, 6.45) is 1.89. The van der Waals surface area contributed by atoms with Crippen LogP contribution >= 0.6 is 15.9 Å². The lowest BCUT2D eigenvalue weighted by Crippen LogP contribution is -2.28. The van der Waals surface area contributed by atoms with Gasteiger partial charge in [-0.25, -0.2) is 0 Å². The molecule has 0 saturated carbocycles. The van der Waals surface area contributed by atoms with E-state index in [4.69, 9.17) is 0 Å². The second kappa shape index (κ2) is 3.88. The second-order valence-electron chi connectivity index (χ2n) is 4.75. The van der Waals surface area contributed by atoms with Gasteiger partial charge in [0.15, 0.2) is 0 Å². The van der Waals surface area contributed by atoms with E-state index < -0.39 is 11.4 Å². The molecule has 1 aromatic carbocycles. The lowest BCUT2D eigenvalue weighted by Gasteiger charge is -2.18. The number of fused-ring (bicyclic) bond motifs is 1. The van der Waals surface area contributed by atoms with E-state index >= 15 is 0 Å². The number of rotatable bonds is 2. The van der Waals surface area contributed by atoms with Crippen molar-refractivity contribution in [3.63, 3.8) is 0 Å². The Morgan fingerprint density at radius 2 is 2.06 bits per heavy atom. The summed E-state index contributed by atoms with van der Waals surface area (Å²) in [5.74, 6) is -0.815. The highest BCUT2D eigenvalue weighted by Crippen LogP contribution is 2.33. The molecule has 2 rings (SSSR count). The fourth-order valence-corrected chi connectivity index (χ4v) is 2.34. The van der Waals surface area contributed by atoms with Gasteiger partial charge in [-0.3, -0.25) is 4.79 Å². The Morgan fingerprint density at radius 3 is 2.65 bits per heavy atom. The topological polar surface area (TPSA) is 42.2 Å². The number of hydrogen-bond acceptors (Lipinski definition) is 1. The number of benzene rings is 1. The zero-order valence-electron chi connectivity index (χ0n) is 9.99. The predicted molar refractivity (Wildman–Crippen MR) is 71.3 cm³/mol. The lowest BCUT2D eigenvalue weighted by molar-refractivity contribution is -0.142. The van der Waals surface area contributed by atoms with Gasteiger partial charge in [0.2, 0.25) is 0 Å². The molecule has 1 N–H and O–H groups in total. The average Bonchev–Trinajstić information content (AvgIpc) is 2.56. The molecule has 0 unspecified atom stereocenters. The van der Waals surface area contributed by atoms with Crippen molar-refractivity contribution in [2.75, 3.05) is 0 Å². The fourth-order valence-electron chi connectivity index (χ4n) is 1.98. The molecule has 0 aliphatic rings. The average molecular weight is 296 g/mol. The van der Waals surface area contributed by atoms with E-state index in [0.29, 0.717) is 0 Å². The molecule has 1 aromatic heterocycles. The summed E-state index contributed by atoms with van der Waals surface area (Å²) < 4.78 is 2.92. The maximum Gasteiger partial charge on any atom is 0.313 e. The van der Waals surface area contributed by atoms with Gasteiger partial charge in [0.05, 0.1) is 5.41 Å². The van der Waals surface area contributed by atoms with E-state index in [1.54, 1.807) is 13.8 Å². The van der Waals surface area contributed by atoms with Crippen molar-refractivity contribution < 1.29 is 9.90 Å². The van der Waals surface area contributed by atoms with E-state index in [2.05, 4.69) is 15.9 Å². The van der Waals surface area contributed by atoms with Crippen molar-refractivity contribution >= 4 is 32.8 Å². The molecule has 0 spiro atoms. The summed E-state index contributed by atoms with van der Waals surface area (Å²) in [4.78, 5) is 11.3. The first-order valence-electron chi connectivity index (χ1n) is 5.32. The van der Waals surface area contributed by atoms with Crippen LogP contribution in [0.3, 0.4) is 0 Å². The van der Waals surface area contributed by atoms with Crippen LogP contribution in [0.1, 0.15) is 19.4 Å². The van der Waals surface area contributed by atoms with E-state index in [1.165, 1.54) is 0 Å². The molecule has 0 radical (unpaired) electrons. The van der Waals surface area contributed by atoms with Crippen molar-refractivity contribution in [1.82, 2.24) is 4.57 Å². The molecule has 90 valence electrons. The zero-order chi connectivity index (χ0) is 12.8. The number of carboxylic acids is 1. The smallest absolute Gasteiger partial charge is 0.313 e. The highest BCUT2D eigenvalue weighted by Gasteiger charge is 2.32. The molecule has 0 saturated heterocycles. The highest BCUT2D eigenvalue weighted by molar-refractivity contribution is 9.10. The minimum Gasteiger partial charge on any atom is -0.481 e. The molecule has 0 aliphatic heterocycles. The number of aromatic nitrogens is 1. The van der Waals surface area contributed by atoms with Crippen molar-refractivity contribution in [2.24, 2.45) is 7.05 Å². The van der Waals surface area contributed by atoms with Gasteiger partial charge in [0.1, 0.15) is 0 Å². The molecule has 4 heteroatoms. The van der Waals surface area contributed by atoms with Crippen LogP contribution in [0.4, 0.5) is 0 Å². The molecule has 0 atom stereocenters. The third-order valence-electron chi connectivity index (χ3n) is 3.16. The molecule has 3 nitrogen and oxygen atoms in total. The third-order valence-corrected chi connectivity index (χ3v) is 3.65. The first-order chi connectivity index (χ1) is 7.84. The number of carboxylic acid groups (broad SMARTS) is 1. The van der Waals surface area contributed by atoms with E-state index in [1.807, 2.05) is 36.0 Å². The summed E-state index contributed by atoms with van der Waals surface area (Å²) in [6, 6.07) is 5.91. The number of nitrogens with zero attached hydrogens (tertiary/aromatic N) is 1. The van der Waals surface area contributed by atoms with Gasteiger partial charge in [-0.05, 0) is 37.6 Å². The van der Waals surface area contributed by atoms with Gasteiger partial charge in [-0.2, -0.15) is 0 Å². The van der Waals surface area contributed by atoms with Crippen LogP contribution in [0.5, 0.6) is 0 Å². The number of halogens is 1. The Hall–Kier alpha value is -1.29. The number of aryl methyl sites for hydroxylation is 1. The fraction of sp³-hybridized carbons (Fsp3) is 0.308. The van der Waals surface area contributed by atoms with Gasteiger partial charge in [0.25, 0.3) is 0 Å². The molecule has 0 bridgehead atoms. The molecule has 17 heavy (non-hydrogen) atoms. The number of hydrogen-bond donors (Lipinski definition) is 1. The Kier molecular flexibility index (Phi) is 2.78. The maximum absolute atomic E-state index is 11.3. The quantitative estimate of drug-likeness (QED) is 0.924. The van der Waals surface area contributed by atoms with Crippen LogP contribution in [-0.2, 0) is 17.3 Å². The molecular weight excluding hydrogens is 282 g/mol. The molecule has 0 fully saturated rings. The number of carbonyl (C=O) groups is 1. The minimum absolute atomic E-state index is 0.815.